The van der Waals surface area contributed by atoms with Crippen molar-refractivity contribution in [2.24, 2.45) is 16.8 Å². The van der Waals surface area contributed by atoms with Crippen LogP contribution in [0.2, 0.25) is 0 Å². The highest BCUT2D eigenvalue weighted by atomic mass is 32.2. The van der Waals surface area contributed by atoms with Crippen LogP contribution in [0.1, 0.15) is 11.8 Å². The molecule has 0 aliphatic carbocycles. The number of amidine groups is 1. The number of hydrogen-bond donors (Lipinski definition) is 3. The molecule has 8 heteroatoms. The highest BCUT2D eigenvalue weighted by Gasteiger charge is 2.18. The van der Waals surface area contributed by atoms with E-state index in [0.29, 0.717) is 0 Å². The zero-order valence-corrected chi connectivity index (χ0v) is 11.2. The van der Waals surface area contributed by atoms with Gasteiger partial charge in [-0.15, -0.1) is 11.3 Å². The van der Waals surface area contributed by atoms with Crippen LogP contribution in [0.15, 0.2) is 21.5 Å². The second-order valence-corrected chi connectivity index (χ2v) is 6.92. The Labute approximate surface area is 104 Å². The van der Waals surface area contributed by atoms with Gasteiger partial charge in [0.1, 0.15) is 10.0 Å². The summed E-state index contributed by atoms with van der Waals surface area (Å²) in [5, 5.41) is 11.3. The van der Waals surface area contributed by atoms with Crippen molar-refractivity contribution in [3.8, 4) is 0 Å². The predicted molar refractivity (Wildman–Crippen MR) is 66.8 cm³/mol. The summed E-state index contributed by atoms with van der Waals surface area (Å²) in [6, 6.07) is 3.29. The molecule has 1 unspecified atom stereocenters. The van der Waals surface area contributed by atoms with E-state index in [1.807, 2.05) is 6.92 Å². The number of aryl methyl sites for hydroxylation is 1. The molecule has 0 saturated carbocycles. The fourth-order valence-corrected chi connectivity index (χ4v) is 3.52. The number of nitrogens with two attached hydrogens (primary N) is 1. The molecule has 0 amide bonds. The Morgan fingerprint density at radius 2 is 2.29 bits per heavy atom. The second-order valence-electron chi connectivity index (χ2n) is 3.64. The molecule has 1 atom stereocenters. The van der Waals surface area contributed by atoms with Gasteiger partial charge in [0.25, 0.3) is 0 Å². The van der Waals surface area contributed by atoms with Gasteiger partial charge < -0.3 is 10.9 Å². The van der Waals surface area contributed by atoms with Crippen LogP contribution in [0.3, 0.4) is 0 Å². The van der Waals surface area contributed by atoms with Gasteiger partial charge in [-0.2, -0.15) is 0 Å². The Balaban J connectivity index is 2.69. The number of sulfonamides is 1. The maximum atomic E-state index is 11.8. The Morgan fingerprint density at radius 3 is 2.76 bits per heavy atom. The molecule has 1 aromatic rings. The Kier molecular flexibility index (Phi) is 4.49. The van der Waals surface area contributed by atoms with Gasteiger partial charge in [0.2, 0.25) is 10.0 Å². The third-order valence-corrected chi connectivity index (χ3v) is 5.10. The molecule has 0 spiro atoms. The monoisotopic (exact) mass is 277 g/mol. The fourth-order valence-electron chi connectivity index (χ4n) is 1.07. The lowest BCUT2D eigenvalue weighted by Crippen LogP contribution is -2.34. The molecular weight excluding hydrogens is 262 g/mol. The average Bonchev–Trinajstić information content (AvgIpc) is 2.72. The van der Waals surface area contributed by atoms with Crippen LogP contribution in [0.4, 0.5) is 0 Å². The number of nitrogens with zero attached hydrogens (tertiary/aromatic N) is 1. The third-order valence-electron chi connectivity index (χ3n) is 2.18. The molecule has 1 heterocycles. The van der Waals surface area contributed by atoms with Crippen LogP contribution in [0.25, 0.3) is 0 Å². The van der Waals surface area contributed by atoms with Crippen molar-refractivity contribution >= 4 is 27.2 Å². The quantitative estimate of drug-likeness (QED) is 0.319. The van der Waals surface area contributed by atoms with E-state index < -0.39 is 10.0 Å². The molecular formula is C9H15N3O3S2. The summed E-state index contributed by atoms with van der Waals surface area (Å²) in [6.07, 6.45) is 0. The van der Waals surface area contributed by atoms with Crippen LogP contribution in [-0.2, 0) is 10.0 Å². The summed E-state index contributed by atoms with van der Waals surface area (Å²) < 4.78 is 26.3. The van der Waals surface area contributed by atoms with Crippen LogP contribution >= 0.6 is 11.3 Å². The zero-order valence-electron chi connectivity index (χ0n) is 9.54. The second kappa shape index (κ2) is 5.48. The first-order chi connectivity index (χ1) is 7.86. The standard InChI is InChI=1S/C9H15N3O3S2/c1-6(9(10)12-13)5-11-17(14,15)8-4-3-7(2)16-8/h3-4,6,11,13H,5H2,1-2H3,(H2,10,12). The number of hydrogen-bond acceptors (Lipinski definition) is 5. The van der Waals surface area contributed by atoms with E-state index in [0.717, 1.165) is 4.88 Å². The molecule has 0 aliphatic rings. The van der Waals surface area contributed by atoms with Crippen molar-refractivity contribution in [1.29, 1.82) is 0 Å². The first-order valence-corrected chi connectivity index (χ1v) is 7.20. The summed E-state index contributed by atoms with van der Waals surface area (Å²) >= 11 is 1.20. The minimum atomic E-state index is -3.50. The number of thiophene rings is 1. The Morgan fingerprint density at radius 1 is 1.65 bits per heavy atom. The molecule has 0 saturated heterocycles. The minimum absolute atomic E-state index is 0.00457. The minimum Gasteiger partial charge on any atom is -0.409 e. The smallest absolute Gasteiger partial charge is 0.250 e. The summed E-state index contributed by atoms with van der Waals surface area (Å²) in [5.74, 6) is -0.370. The van der Waals surface area contributed by atoms with Gasteiger partial charge in [-0.3, -0.25) is 0 Å². The first kappa shape index (κ1) is 13.9. The normalized spacial score (nSPS) is 14.8. The molecule has 0 bridgehead atoms. The highest BCUT2D eigenvalue weighted by Crippen LogP contribution is 2.20. The van der Waals surface area contributed by atoms with E-state index in [2.05, 4.69) is 9.88 Å². The van der Waals surface area contributed by atoms with Crippen molar-refractivity contribution in [1.82, 2.24) is 4.72 Å². The molecule has 6 nitrogen and oxygen atoms in total. The number of nitrogens with one attached hydrogen (secondary N) is 1. The van der Waals surface area contributed by atoms with Crippen molar-refractivity contribution < 1.29 is 13.6 Å². The molecule has 4 N–H and O–H groups in total. The summed E-state index contributed by atoms with van der Waals surface area (Å²) in [5.41, 5.74) is 5.36. The van der Waals surface area contributed by atoms with E-state index in [1.165, 1.54) is 11.3 Å². The highest BCUT2D eigenvalue weighted by molar-refractivity contribution is 7.91. The third kappa shape index (κ3) is 3.69. The van der Waals surface area contributed by atoms with Gasteiger partial charge in [-0.1, -0.05) is 12.1 Å². The number of rotatable bonds is 5. The molecule has 0 aliphatic heterocycles. The van der Waals surface area contributed by atoms with Gasteiger partial charge in [0.05, 0.1) is 0 Å². The summed E-state index contributed by atoms with van der Waals surface area (Å²) in [6.45, 7) is 3.59. The van der Waals surface area contributed by atoms with Crippen molar-refractivity contribution in [3.05, 3.63) is 17.0 Å². The summed E-state index contributed by atoms with van der Waals surface area (Å²) in [7, 11) is -3.50. The van der Waals surface area contributed by atoms with Crippen molar-refractivity contribution in [2.45, 2.75) is 18.1 Å². The van der Waals surface area contributed by atoms with Gasteiger partial charge in [0, 0.05) is 17.3 Å². The number of oxime groups is 1. The molecule has 17 heavy (non-hydrogen) atoms. The SMILES string of the molecule is Cc1ccc(S(=O)(=O)NCC(C)C(N)=NO)s1. The topological polar surface area (TPSA) is 105 Å². The van der Waals surface area contributed by atoms with Gasteiger partial charge in [-0.05, 0) is 19.1 Å². The van der Waals surface area contributed by atoms with Crippen molar-refractivity contribution in [3.63, 3.8) is 0 Å². The Hall–Kier alpha value is -1.12. The largest absolute Gasteiger partial charge is 0.409 e. The van der Waals surface area contributed by atoms with Gasteiger partial charge in [0.15, 0.2) is 0 Å². The van der Waals surface area contributed by atoms with E-state index >= 15 is 0 Å². The summed E-state index contributed by atoms with van der Waals surface area (Å²) in [4.78, 5) is 0.926. The van der Waals surface area contributed by atoms with E-state index in [9.17, 15) is 8.42 Å². The molecule has 0 aromatic carbocycles. The molecule has 96 valence electrons. The molecule has 1 rings (SSSR count). The zero-order chi connectivity index (χ0) is 13.1. The lowest BCUT2D eigenvalue weighted by molar-refractivity contribution is 0.314. The van der Waals surface area contributed by atoms with E-state index in [-0.39, 0.29) is 22.5 Å². The lowest BCUT2D eigenvalue weighted by atomic mass is 10.2. The van der Waals surface area contributed by atoms with Crippen LogP contribution in [-0.4, -0.2) is 26.0 Å². The fraction of sp³-hybridized carbons (Fsp3) is 0.444. The molecule has 0 radical (unpaired) electrons. The van der Waals surface area contributed by atoms with Gasteiger partial charge in [-0.25, -0.2) is 13.1 Å². The average molecular weight is 277 g/mol. The first-order valence-electron chi connectivity index (χ1n) is 4.90. The maximum Gasteiger partial charge on any atom is 0.250 e. The van der Waals surface area contributed by atoms with Crippen LogP contribution < -0.4 is 10.5 Å². The molecule has 0 fully saturated rings. The van der Waals surface area contributed by atoms with Crippen LogP contribution in [0, 0.1) is 12.8 Å². The van der Waals surface area contributed by atoms with Gasteiger partial charge >= 0.3 is 0 Å². The van der Waals surface area contributed by atoms with E-state index in [4.69, 9.17) is 10.9 Å². The Bertz CT molecular complexity index is 507. The maximum absolute atomic E-state index is 11.8. The van der Waals surface area contributed by atoms with Crippen LogP contribution in [0.5, 0.6) is 0 Å². The molecule has 1 aromatic heterocycles. The lowest BCUT2D eigenvalue weighted by Gasteiger charge is -2.10. The van der Waals surface area contributed by atoms with Crippen molar-refractivity contribution in [2.75, 3.05) is 6.54 Å². The predicted octanol–water partition coefficient (Wildman–Crippen LogP) is 0.717. The van der Waals surface area contributed by atoms with E-state index in [1.54, 1.807) is 19.1 Å².